The lowest BCUT2D eigenvalue weighted by atomic mass is 9.98. The zero-order valence-corrected chi connectivity index (χ0v) is 15.4. The number of hydrogen-bond donors (Lipinski definition) is 2. The molecule has 0 atom stereocenters. The van der Waals surface area contributed by atoms with Crippen LogP contribution in [0.4, 0.5) is 5.69 Å². The van der Waals surface area contributed by atoms with Crippen LogP contribution in [0.15, 0.2) is 18.2 Å². The third-order valence-corrected chi connectivity index (χ3v) is 4.40. The molecule has 0 unspecified atom stereocenters. The van der Waals surface area contributed by atoms with E-state index in [0.29, 0.717) is 22.7 Å². The molecule has 0 aromatic heterocycles. The quantitative estimate of drug-likeness (QED) is 0.549. The van der Waals surface area contributed by atoms with Crippen molar-refractivity contribution in [1.82, 2.24) is 5.32 Å². The van der Waals surface area contributed by atoms with Crippen LogP contribution in [0.5, 0.6) is 11.5 Å². The Morgan fingerprint density at radius 1 is 1.12 bits per heavy atom. The van der Waals surface area contributed by atoms with E-state index in [1.54, 1.807) is 14.2 Å². The average molecular weight is 353 g/mol. The van der Waals surface area contributed by atoms with Gasteiger partial charge in [0, 0.05) is 24.9 Å². The monoisotopic (exact) mass is 352 g/mol. The Hall–Kier alpha value is -1.53. The van der Waals surface area contributed by atoms with E-state index in [9.17, 15) is 0 Å². The van der Waals surface area contributed by atoms with E-state index in [-0.39, 0.29) is 0 Å². The molecule has 1 aromatic rings. The average Bonchev–Trinajstić information content (AvgIpc) is 2.62. The Balaban J connectivity index is 1.64. The number of ether oxygens (including phenoxy) is 3. The molecule has 0 saturated heterocycles. The van der Waals surface area contributed by atoms with Gasteiger partial charge in [0.15, 0.2) is 16.6 Å². The molecule has 0 aliphatic heterocycles. The van der Waals surface area contributed by atoms with Gasteiger partial charge in [0.25, 0.3) is 0 Å². The molecular weight excluding hydrogens is 324 g/mol. The number of methoxy groups -OCH3 is 2. The van der Waals surface area contributed by atoms with E-state index in [1.807, 2.05) is 18.2 Å². The van der Waals surface area contributed by atoms with Crippen molar-refractivity contribution in [2.45, 2.75) is 44.6 Å². The first kappa shape index (κ1) is 18.8. The second-order valence-electron chi connectivity index (χ2n) is 5.94. The van der Waals surface area contributed by atoms with Crippen molar-refractivity contribution >= 4 is 23.0 Å². The molecule has 0 amide bonds. The van der Waals surface area contributed by atoms with Crippen LogP contribution >= 0.6 is 12.2 Å². The van der Waals surface area contributed by atoms with E-state index in [1.165, 1.54) is 32.1 Å². The fourth-order valence-electron chi connectivity index (χ4n) is 2.85. The first-order valence-corrected chi connectivity index (χ1v) is 9.02. The molecule has 1 aliphatic carbocycles. The molecule has 134 valence electrons. The van der Waals surface area contributed by atoms with Gasteiger partial charge in [-0.3, -0.25) is 0 Å². The summed E-state index contributed by atoms with van der Waals surface area (Å²) in [7, 11) is 3.23. The maximum atomic E-state index is 5.90. The molecule has 0 heterocycles. The van der Waals surface area contributed by atoms with E-state index in [4.69, 9.17) is 26.4 Å². The Kier molecular flexibility index (Phi) is 8.12. The Morgan fingerprint density at radius 2 is 1.88 bits per heavy atom. The fourth-order valence-corrected chi connectivity index (χ4v) is 3.07. The van der Waals surface area contributed by atoms with Crippen molar-refractivity contribution in [1.29, 1.82) is 0 Å². The highest BCUT2D eigenvalue weighted by atomic mass is 32.1. The molecule has 24 heavy (non-hydrogen) atoms. The maximum Gasteiger partial charge on any atom is 0.170 e. The van der Waals surface area contributed by atoms with Gasteiger partial charge < -0.3 is 24.8 Å². The normalized spacial score (nSPS) is 14.9. The van der Waals surface area contributed by atoms with Crippen LogP contribution in [-0.2, 0) is 4.74 Å². The van der Waals surface area contributed by atoms with Crippen LogP contribution in [-0.4, -0.2) is 38.6 Å². The van der Waals surface area contributed by atoms with Crippen molar-refractivity contribution < 1.29 is 14.2 Å². The van der Waals surface area contributed by atoms with Gasteiger partial charge in [0.2, 0.25) is 0 Å². The summed E-state index contributed by atoms with van der Waals surface area (Å²) in [5.74, 6) is 1.37. The highest BCUT2D eigenvalue weighted by molar-refractivity contribution is 7.80. The first-order chi connectivity index (χ1) is 11.7. The first-order valence-electron chi connectivity index (χ1n) is 8.61. The number of anilines is 1. The molecular formula is C18H28N2O3S. The second kappa shape index (κ2) is 10.4. The van der Waals surface area contributed by atoms with Gasteiger partial charge in [-0.2, -0.15) is 0 Å². The third kappa shape index (κ3) is 6.17. The predicted molar refractivity (Wildman–Crippen MR) is 101 cm³/mol. The molecule has 1 saturated carbocycles. The highest BCUT2D eigenvalue weighted by Gasteiger charge is 2.13. The minimum atomic E-state index is 0.468. The van der Waals surface area contributed by atoms with Gasteiger partial charge >= 0.3 is 0 Å². The number of hydrogen-bond acceptors (Lipinski definition) is 4. The van der Waals surface area contributed by atoms with Gasteiger partial charge in [0.1, 0.15) is 0 Å². The summed E-state index contributed by atoms with van der Waals surface area (Å²) in [5.41, 5.74) is 0.864. The summed E-state index contributed by atoms with van der Waals surface area (Å²) in [4.78, 5) is 0. The van der Waals surface area contributed by atoms with Crippen molar-refractivity contribution in [3.05, 3.63) is 18.2 Å². The van der Waals surface area contributed by atoms with E-state index >= 15 is 0 Å². The zero-order valence-electron chi connectivity index (χ0n) is 14.6. The smallest absolute Gasteiger partial charge is 0.170 e. The fraction of sp³-hybridized carbons (Fsp3) is 0.611. The summed E-state index contributed by atoms with van der Waals surface area (Å²) in [6.07, 6.45) is 7.82. The molecule has 0 bridgehead atoms. The summed E-state index contributed by atoms with van der Waals surface area (Å²) < 4.78 is 16.4. The number of rotatable bonds is 8. The molecule has 6 heteroatoms. The lowest BCUT2D eigenvalue weighted by molar-refractivity contribution is 0.0277. The molecule has 1 fully saturated rings. The molecule has 0 spiro atoms. The van der Waals surface area contributed by atoms with Crippen LogP contribution in [0.25, 0.3) is 0 Å². The minimum absolute atomic E-state index is 0.468. The predicted octanol–water partition coefficient (Wildman–Crippen LogP) is 3.73. The zero-order chi connectivity index (χ0) is 17.2. The number of benzene rings is 1. The van der Waals surface area contributed by atoms with Gasteiger partial charge in [0.05, 0.1) is 20.3 Å². The Morgan fingerprint density at radius 3 is 2.58 bits per heavy atom. The SMILES string of the molecule is COc1ccc(NC(=S)NCCCOC2CCCCC2)cc1OC. The molecule has 0 radical (unpaired) electrons. The largest absolute Gasteiger partial charge is 0.493 e. The van der Waals surface area contributed by atoms with E-state index < -0.39 is 0 Å². The van der Waals surface area contributed by atoms with Gasteiger partial charge in [-0.1, -0.05) is 19.3 Å². The lowest BCUT2D eigenvalue weighted by Gasteiger charge is -2.22. The number of nitrogens with one attached hydrogen (secondary N) is 2. The standard InChI is InChI=1S/C18H28N2O3S/c1-21-16-10-9-14(13-17(16)22-2)20-18(24)19-11-6-12-23-15-7-4-3-5-8-15/h9-10,13,15H,3-8,11-12H2,1-2H3,(H2,19,20,24). The second-order valence-corrected chi connectivity index (χ2v) is 6.34. The summed E-state index contributed by atoms with van der Waals surface area (Å²) in [6, 6.07) is 5.61. The van der Waals surface area contributed by atoms with E-state index in [2.05, 4.69) is 10.6 Å². The van der Waals surface area contributed by atoms with Crippen LogP contribution < -0.4 is 20.1 Å². The van der Waals surface area contributed by atoms with Crippen LogP contribution in [0.2, 0.25) is 0 Å². The van der Waals surface area contributed by atoms with Crippen molar-refractivity contribution in [2.75, 3.05) is 32.7 Å². The summed E-state index contributed by atoms with van der Waals surface area (Å²) in [5, 5.41) is 6.95. The molecule has 2 rings (SSSR count). The van der Waals surface area contributed by atoms with Crippen molar-refractivity contribution in [3.8, 4) is 11.5 Å². The minimum Gasteiger partial charge on any atom is -0.493 e. The lowest BCUT2D eigenvalue weighted by Crippen LogP contribution is -2.30. The summed E-state index contributed by atoms with van der Waals surface area (Å²) >= 11 is 5.32. The Bertz CT molecular complexity index is 519. The van der Waals surface area contributed by atoms with Crippen LogP contribution in [0.1, 0.15) is 38.5 Å². The topological polar surface area (TPSA) is 51.8 Å². The summed E-state index contributed by atoms with van der Waals surface area (Å²) in [6.45, 7) is 1.59. The Labute approximate surface area is 150 Å². The molecule has 1 aliphatic rings. The number of thiocarbonyl (C=S) groups is 1. The molecule has 5 nitrogen and oxygen atoms in total. The highest BCUT2D eigenvalue weighted by Crippen LogP contribution is 2.29. The molecule has 1 aromatic carbocycles. The third-order valence-electron chi connectivity index (χ3n) is 4.15. The van der Waals surface area contributed by atoms with Gasteiger partial charge in [-0.25, -0.2) is 0 Å². The van der Waals surface area contributed by atoms with Crippen molar-refractivity contribution in [3.63, 3.8) is 0 Å². The van der Waals surface area contributed by atoms with Gasteiger partial charge in [-0.15, -0.1) is 0 Å². The molecule has 2 N–H and O–H groups in total. The van der Waals surface area contributed by atoms with E-state index in [0.717, 1.165) is 25.3 Å². The van der Waals surface area contributed by atoms with Crippen LogP contribution in [0.3, 0.4) is 0 Å². The van der Waals surface area contributed by atoms with Crippen molar-refractivity contribution in [2.24, 2.45) is 0 Å². The van der Waals surface area contributed by atoms with Gasteiger partial charge in [-0.05, 0) is 43.6 Å². The maximum absolute atomic E-state index is 5.90. The van der Waals surface area contributed by atoms with Crippen LogP contribution in [0, 0.1) is 0 Å².